The number of nitrogens with zero attached hydrogens (tertiary/aromatic N) is 3. The third kappa shape index (κ3) is 3.47. The number of rotatable bonds is 4. The third-order valence-corrected chi connectivity index (χ3v) is 2.45. The molecule has 1 aromatic carbocycles. The predicted molar refractivity (Wildman–Crippen MR) is 68.1 cm³/mol. The van der Waals surface area contributed by atoms with Gasteiger partial charge >= 0.3 is 0 Å². The molecule has 0 saturated carbocycles. The van der Waals surface area contributed by atoms with Crippen molar-refractivity contribution in [3.63, 3.8) is 0 Å². The van der Waals surface area contributed by atoms with Gasteiger partial charge in [-0.05, 0) is 29.8 Å². The van der Waals surface area contributed by atoms with E-state index in [0.717, 1.165) is 18.2 Å². The molecule has 0 aliphatic rings. The van der Waals surface area contributed by atoms with E-state index in [2.05, 4.69) is 25.6 Å². The van der Waals surface area contributed by atoms with E-state index in [1.54, 1.807) is 7.05 Å². The fourth-order valence-electron chi connectivity index (χ4n) is 1.39. The Kier molecular flexibility index (Phi) is 4.06. The van der Waals surface area contributed by atoms with Crippen LogP contribution in [0.2, 0.25) is 5.28 Å². The lowest BCUT2D eigenvalue weighted by atomic mass is 10.2. The topological polar surface area (TPSA) is 62.7 Å². The van der Waals surface area contributed by atoms with Crippen LogP contribution in [0.25, 0.3) is 0 Å². The van der Waals surface area contributed by atoms with Crippen molar-refractivity contribution in [2.24, 2.45) is 0 Å². The molecule has 0 amide bonds. The van der Waals surface area contributed by atoms with Crippen molar-refractivity contribution in [3.8, 4) is 0 Å². The summed E-state index contributed by atoms with van der Waals surface area (Å²) in [6.07, 6.45) is 0. The number of aromatic nitrogens is 3. The Bertz CT molecular complexity index is 593. The summed E-state index contributed by atoms with van der Waals surface area (Å²) < 4.78 is 26.4. The molecule has 0 unspecified atom stereocenters. The SMILES string of the molecule is CNc1nc(Cl)nc(NCc2cc(F)ccc2F)n1. The standard InChI is InChI=1S/C11H10ClF2N5/c1-15-10-17-9(12)18-11(19-10)16-5-6-4-7(13)2-3-8(6)14/h2-4H,5H2,1H3,(H2,15,16,17,18,19). The van der Waals surface area contributed by atoms with E-state index in [9.17, 15) is 8.78 Å². The van der Waals surface area contributed by atoms with Crippen LogP contribution in [0.3, 0.4) is 0 Å². The number of hydrogen-bond donors (Lipinski definition) is 2. The first kappa shape index (κ1) is 13.4. The Morgan fingerprint density at radius 3 is 2.63 bits per heavy atom. The molecule has 2 aromatic rings. The number of hydrogen-bond acceptors (Lipinski definition) is 5. The van der Waals surface area contributed by atoms with Crippen LogP contribution in [-0.4, -0.2) is 22.0 Å². The molecule has 100 valence electrons. The minimum atomic E-state index is -0.511. The van der Waals surface area contributed by atoms with Crippen molar-refractivity contribution in [2.45, 2.75) is 6.54 Å². The smallest absolute Gasteiger partial charge is 0.229 e. The first-order valence-corrected chi connectivity index (χ1v) is 5.73. The molecule has 1 aromatic heterocycles. The van der Waals surface area contributed by atoms with Crippen molar-refractivity contribution >= 4 is 23.5 Å². The minimum Gasteiger partial charge on any atom is -0.357 e. The van der Waals surface area contributed by atoms with Gasteiger partial charge in [0.1, 0.15) is 11.6 Å². The van der Waals surface area contributed by atoms with Gasteiger partial charge in [-0.1, -0.05) is 0 Å². The van der Waals surface area contributed by atoms with Gasteiger partial charge < -0.3 is 10.6 Å². The summed E-state index contributed by atoms with van der Waals surface area (Å²) in [4.78, 5) is 11.6. The first-order chi connectivity index (χ1) is 9.08. The Labute approximate surface area is 113 Å². The molecule has 2 rings (SSSR count). The lowest BCUT2D eigenvalue weighted by molar-refractivity contribution is 0.587. The highest BCUT2D eigenvalue weighted by Gasteiger charge is 2.07. The normalized spacial score (nSPS) is 10.3. The molecule has 0 atom stereocenters. The molecule has 19 heavy (non-hydrogen) atoms. The predicted octanol–water partition coefficient (Wildman–Crippen LogP) is 2.46. The van der Waals surface area contributed by atoms with Gasteiger partial charge in [-0.2, -0.15) is 15.0 Å². The van der Waals surface area contributed by atoms with Crippen molar-refractivity contribution in [1.29, 1.82) is 0 Å². The zero-order valence-corrected chi connectivity index (χ0v) is 10.7. The Hall–Kier alpha value is -2.02. The highest BCUT2D eigenvalue weighted by Crippen LogP contribution is 2.13. The molecule has 0 spiro atoms. The Morgan fingerprint density at radius 2 is 1.89 bits per heavy atom. The summed E-state index contributed by atoms with van der Waals surface area (Å²) in [5.41, 5.74) is 0.169. The highest BCUT2D eigenvalue weighted by molar-refractivity contribution is 6.28. The molecule has 0 radical (unpaired) electrons. The highest BCUT2D eigenvalue weighted by atomic mass is 35.5. The number of nitrogens with one attached hydrogen (secondary N) is 2. The van der Waals surface area contributed by atoms with Crippen LogP contribution >= 0.6 is 11.6 Å². The zero-order valence-electron chi connectivity index (χ0n) is 9.91. The van der Waals surface area contributed by atoms with Gasteiger partial charge in [0.05, 0.1) is 0 Å². The molecule has 1 heterocycles. The Morgan fingerprint density at radius 1 is 1.16 bits per heavy atom. The quantitative estimate of drug-likeness (QED) is 0.903. The number of anilines is 2. The summed E-state index contributed by atoms with van der Waals surface area (Å²) in [7, 11) is 1.63. The van der Waals surface area contributed by atoms with Crippen LogP contribution in [0.15, 0.2) is 18.2 Å². The molecule has 0 fully saturated rings. The second-order valence-electron chi connectivity index (χ2n) is 3.59. The van der Waals surface area contributed by atoms with Crippen LogP contribution < -0.4 is 10.6 Å². The maximum atomic E-state index is 13.4. The van der Waals surface area contributed by atoms with Gasteiger partial charge in [0.25, 0.3) is 0 Å². The number of halogens is 3. The molecule has 0 saturated heterocycles. The van der Waals surface area contributed by atoms with E-state index in [1.807, 2.05) is 0 Å². The third-order valence-electron chi connectivity index (χ3n) is 2.28. The van der Waals surface area contributed by atoms with Crippen molar-refractivity contribution in [1.82, 2.24) is 15.0 Å². The molecule has 2 N–H and O–H groups in total. The van der Waals surface area contributed by atoms with Crippen molar-refractivity contribution in [3.05, 3.63) is 40.7 Å². The lowest BCUT2D eigenvalue weighted by Crippen LogP contribution is -2.08. The van der Waals surface area contributed by atoms with Gasteiger partial charge in [-0.15, -0.1) is 0 Å². The van der Waals surface area contributed by atoms with E-state index in [-0.39, 0.29) is 29.3 Å². The Balaban J connectivity index is 2.14. The van der Waals surface area contributed by atoms with Crippen LogP contribution in [0, 0.1) is 11.6 Å². The van der Waals surface area contributed by atoms with Gasteiger partial charge in [-0.25, -0.2) is 8.78 Å². The second kappa shape index (κ2) is 5.75. The lowest BCUT2D eigenvalue weighted by Gasteiger charge is -2.07. The summed E-state index contributed by atoms with van der Waals surface area (Å²) in [5, 5.41) is 5.46. The van der Waals surface area contributed by atoms with E-state index in [1.165, 1.54) is 0 Å². The largest absolute Gasteiger partial charge is 0.357 e. The van der Waals surface area contributed by atoms with E-state index >= 15 is 0 Å². The molecular weight excluding hydrogens is 276 g/mol. The molecule has 0 bridgehead atoms. The average Bonchev–Trinajstić information content (AvgIpc) is 2.39. The minimum absolute atomic E-state index is 0.00145. The summed E-state index contributed by atoms with van der Waals surface area (Å²) in [6.45, 7) is 0.0348. The average molecular weight is 286 g/mol. The summed E-state index contributed by atoms with van der Waals surface area (Å²) in [6, 6.07) is 3.22. The van der Waals surface area contributed by atoms with E-state index in [0.29, 0.717) is 0 Å². The number of benzene rings is 1. The van der Waals surface area contributed by atoms with Crippen molar-refractivity contribution in [2.75, 3.05) is 17.7 Å². The molecular formula is C11H10ClF2N5. The van der Waals surface area contributed by atoms with Crippen LogP contribution in [-0.2, 0) is 6.54 Å². The van der Waals surface area contributed by atoms with Gasteiger partial charge in [0, 0.05) is 19.2 Å². The van der Waals surface area contributed by atoms with E-state index in [4.69, 9.17) is 11.6 Å². The fourth-order valence-corrected chi connectivity index (χ4v) is 1.55. The molecule has 5 nitrogen and oxygen atoms in total. The van der Waals surface area contributed by atoms with Gasteiger partial charge in [0.15, 0.2) is 0 Å². The van der Waals surface area contributed by atoms with Crippen LogP contribution in [0.5, 0.6) is 0 Å². The molecule has 8 heteroatoms. The fraction of sp³-hybridized carbons (Fsp3) is 0.182. The van der Waals surface area contributed by atoms with Crippen LogP contribution in [0.1, 0.15) is 5.56 Å². The first-order valence-electron chi connectivity index (χ1n) is 5.35. The maximum Gasteiger partial charge on any atom is 0.229 e. The second-order valence-corrected chi connectivity index (χ2v) is 3.93. The summed E-state index contributed by atoms with van der Waals surface area (Å²) >= 11 is 5.69. The van der Waals surface area contributed by atoms with Crippen molar-refractivity contribution < 1.29 is 8.78 Å². The van der Waals surface area contributed by atoms with E-state index < -0.39 is 11.6 Å². The molecule has 0 aliphatic carbocycles. The van der Waals surface area contributed by atoms with Crippen LogP contribution in [0.4, 0.5) is 20.7 Å². The monoisotopic (exact) mass is 285 g/mol. The van der Waals surface area contributed by atoms with Gasteiger partial charge in [0.2, 0.25) is 17.2 Å². The van der Waals surface area contributed by atoms with Gasteiger partial charge in [-0.3, -0.25) is 0 Å². The zero-order chi connectivity index (χ0) is 13.8. The molecule has 0 aliphatic heterocycles. The summed E-state index contributed by atoms with van der Waals surface area (Å²) in [5.74, 6) is -0.569. The maximum absolute atomic E-state index is 13.4.